The van der Waals surface area contributed by atoms with E-state index in [1.807, 2.05) is 11.3 Å². The normalized spacial score (nSPS) is 26.2. The average molecular weight is 265 g/mol. The maximum absolute atomic E-state index is 6.44. The Hall–Kier alpha value is -0.340. The predicted octanol–water partition coefficient (Wildman–Crippen LogP) is 5.05. The molecule has 1 atom stereocenters. The minimum absolute atomic E-state index is 0.288. The third-order valence-corrected chi connectivity index (χ3v) is 5.56. The first kappa shape index (κ1) is 14.1. The van der Waals surface area contributed by atoms with Crippen molar-refractivity contribution in [2.75, 3.05) is 0 Å². The van der Waals surface area contributed by atoms with Gasteiger partial charge in [-0.1, -0.05) is 39.0 Å². The van der Waals surface area contributed by atoms with Gasteiger partial charge in [-0.15, -0.1) is 11.3 Å². The summed E-state index contributed by atoms with van der Waals surface area (Å²) < 4.78 is 0. The highest BCUT2D eigenvalue weighted by Crippen LogP contribution is 2.38. The van der Waals surface area contributed by atoms with Crippen LogP contribution in [0.15, 0.2) is 12.1 Å². The maximum Gasteiger partial charge on any atom is 0.0418 e. The zero-order valence-corrected chi connectivity index (χ0v) is 12.6. The lowest BCUT2D eigenvalue weighted by Gasteiger charge is -2.31. The molecule has 1 fully saturated rings. The van der Waals surface area contributed by atoms with Crippen molar-refractivity contribution in [1.82, 2.24) is 0 Å². The molecule has 0 saturated heterocycles. The van der Waals surface area contributed by atoms with Gasteiger partial charge < -0.3 is 5.73 Å². The van der Waals surface area contributed by atoms with Gasteiger partial charge in [0.05, 0.1) is 0 Å². The van der Waals surface area contributed by atoms with Gasteiger partial charge in [-0.25, -0.2) is 0 Å². The van der Waals surface area contributed by atoms with Crippen LogP contribution in [0.1, 0.15) is 67.7 Å². The van der Waals surface area contributed by atoms with Gasteiger partial charge >= 0.3 is 0 Å². The molecule has 0 radical (unpaired) electrons. The molecule has 0 spiro atoms. The molecule has 18 heavy (non-hydrogen) atoms. The van der Waals surface area contributed by atoms with Gasteiger partial charge in [-0.05, 0) is 43.7 Å². The fourth-order valence-electron chi connectivity index (χ4n) is 3.19. The van der Waals surface area contributed by atoms with Crippen molar-refractivity contribution in [2.24, 2.45) is 17.6 Å². The average Bonchev–Trinajstić information content (AvgIpc) is 2.83. The molecule has 0 aliphatic heterocycles. The van der Waals surface area contributed by atoms with Crippen molar-refractivity contribution in [1.29, 1.82) is 0 Å². The fourth-order valence-corrected chi connectivity index (χ4v) is 4.17. The first-order valence-electron chi connectivity index (χ1n) is 7.52. The van der Waals surface area contributed by atoms with Crippen LogP contribution >= 0.6 is 11.3 Å². The molecule has 0 aromatic carbocycles. The zero-order chi connectivity index (χ0) is 13.0. The van der Waals surface area contributed by atoms with Crippen molar-refractivity contribution in [3.8, 4) is 0 Å². The summed E-state index contributed by atoms with van der Waals surface area (Å²) in [5, 5.41) is 0. The Bertz CT molecular complexity index is 350. The van der Waals surface area contributed by atoms with E-state index < -0.39 is 0 Å². The third kappa shape index (κ3) is 3.58. The largest absolute Gasteiger partial charge is 0.323 e. The molecule has 1 nitrogen and oxygen atoms in total. The maximum atomic E-state index is 6.44. The monoisotopic (exact) mass is 265 g/mol. The topological polar surface area (TPSA) is 26.0 Å². The van der Waals surface area contributed by atoms with Crippen molar-refractivity contribution >= 4 is 11.3 Å². The SMILES string of the molecule is CCCCC1CCC(C(N)c2ccc(C)s2)CC1. The second-order valence-corrected chi connectivity index (χ2v) is 7.22. The van der Waals surface area contributed by atoms with Gasteiger partial charge in [0.2, 0.25) is 0 Å². The van der Waals surface area contributed by atoms with E-state index in [0.29, 0.717) is 0 Å². The molecular weight excluding hydrogens is 238 g/mol. The summed E-state index contributed by atoms with van der Waals surface area (Å²) in [6, 6.07) is 4.72. The van der Waals surface area contributed by atoms with E-state index in [0.717, 1.165) is 11.8 Å². The molecule has 1 heterocycles. The first-order valence-corrected chi connectivity index (χ1v) is 8.34. The van der Waals surface area contributed by atoms with Crippen molar-refractivity contribution in [3.63, 3.8) is 0 Å². The highest BCUT2D eigenvalue weighted by Gasteiger charge is 2.26. The van der Waals surface area contributed by atoms with Gasteiger partial charge in [0, 0.05) is 15.8 Å². The Balaban J connectivity index is 1.82. The molecule has 1 aromatic heterocycles. The zero-order valence-electron chi connectivity index (χ0n) is 11.8. The Morgan fingerprint density at radius 1 is 1.28 bits per heavy atom. The van der Waals surface area contributed by atoms with E-state index in [9.17, 15) is 0 Å². The number of unbranched alkanes of at least 4 members (excludes halogenated alkanes) is 1. The highest BCUT2D eigenvalue weighted by atomic mass is 32.1. The van der Waals surface area contributed by atoms with Crippen LogP contribution in [0.4, 0.5) is 0 Å². The van der Waals surface area contributed by atoms with E-state index in [1.54, 1.807) is 0 Å². The summed E-state index contributed by atoms with van der Waals surface area (Å²) in [6.45, 7) is 4.46. The van der Waals surface area contributed by atoms with Gasteiger partial charge in [-0.3, -0.25) is 0 Å². The molecule has 0 amide bonds. The van der Waals surface area contributed by atoms with Crippen LogP contribution in [0.2, 0.25) is 0 Å². The third-order valence-electron chi connectivity index (χ3n) is 4.45. The van der Waals surface area contributed by atoms with Gasteiger partial charge in [0.25, 0.3) is 0 Å². The van der Waals surface area contributed by atoms with E-state index in [2.05, 4.69) is 26.0 Å². The quantitative estimate of drug-likeness (QED) is 0.792. The van der Waals surface area contributed by atoms with Crippen LogP contribution in [-0.2, 0) is 0 Å². The van der Waals surface area contributed by atoms with E-state index in [4.69, 9.17) is 5.73 Å². The highest BCUT2D eigenvalue weighted by molar-refractivity contribution is 7.12. The van der Waals surface area contributed by atoms with Crippen molar-refractivity contribution in [3.05, 3.63) is 21.9 Å². The van der Waals surface area contributed by atoms with Crippen LogP contribution in [0.3, 0.4) is 0 Å². The van der Waals surface area contributed by atoms with E-state index >= 15 is 0 Å². The summed E-state index contributed by atoms with van der Waals surface area (Å²) >= 11 is 1.88. The molecule has 1 aromatic rings. The van der Waals surface area contributed by atoms with Crippen LogP contribution in [0.5, 0.6) is 0 Å². The van der Waals surface area contributed by atoms with Crippen molar-refractivity contribution < 1.29 is 0 Å². The molecule has 0 bridgehead atoms. The number of aryl methyl sites for hydroxylation is 1. The number of hydrogen-bond acceptors (Lipinski definition) is 2. The van der Waals surface area contributed by atoms with Gasteiger partial charge in [-0.2, -0.15) is 0 Å². The summed E-state index contributed by atoms with van der Waals surface area (Å²) in [4.78, 5) is 2.78. The minimum Gasteiger partial charge on any atom is -0.323 e. The van der Waals surface area contributed by atoms with Crippen LogP contribution < -0.4 is 5.73 Å². The molecule has 1 unspecified atom stereocenters. The molecular formula is C16H27NS. The number of hydrogen-bond donors (Lipinski definition) is 1. The van der Waals surface area contributed by atoms with Crippen LogP contribution in [0.25, 0.3) is 0 Å². The van der Waals surface area contributed by atoms with Gasteiger partial charge in [0.1, 0.15) is 0 Å². The van der Waals surface area contributed by atoms with Crippen LogP contribution in [-0.4, -0.2) is 0 Å². The second-order valence-electron chi connectivity index (χ2n) is 5.90. The standard InChI is InChI=1S/C16H27NS/c1-3-4-5-13-7-9-14(10-8-13)16(17)15-11-6-12(2)18-15/h6,11,13-14,16H,3-5,7-10,17H2,1-2H3. The first-order chi connectivity index (χ1) is 8.70. The smallest absolute Gasteiger partial charge is 0.0418 e. The predicted molar refractivity (Wildman–Crippen MR) is 81.0 cm³/mol. The summed E-state index contributed by atoms with van der Waals surface area (Å²) in [6.07, 6.45) is 9.68. The Labute approximate surface area is 116 Å². The fraction of sp³-hybridized carbons (Fsp3) is 0.750. The molecule has 1 aliphatic rings. The lowest BCUT2D eigenvalue weighted by molar-refractivity contribution is 0.234. The summed E-state index contributed by atoms with van der Waals surface area (Å²) in [7, 11) is 0. The summed E-state index contributed by atoms with van der Waals surface area (Å²) in [5.41, 5.74) is 6.44. The number of thiophene rings is 1. The lowest BCUT2D eigenvalue weighted by atomic mass is 9.77. The number of rotatable bonds is 5. The Morgan fingerprint density at radius 2 is 2.00 bits per heavy atom. The molecule has 2 rings (SSSR count). The Morgan fingerprint density at radius 3 is 2.56 bits per heavy atom. The molecule has 2 N–H and O–H groups in total. The number of nitrogens with two attached hydrogens (primary N) is 1. The van der Waals surface area contributed by atoms with Crippen molar-refractivity contribution in [2.45, 2.75) is 64.8 Å². The molecule has 102 valence electrons. The Kier molecular flexibility index (Phi) is 5.25. The minimum atomic E-state index is 0.288. The second kappa shape index (κ2) is 6.72. The summed E-state index contributed by atoms with van der Waals surface area (Å²) in [5.74, 6) is 1.71. The molecule has 2 heteroatoms. The van der Waals surface area contributed by atoms with E-state index in [-0.39, 0.29) is 6.04 Å². The van der Waals surface area contributed by atoms with Crippen LogP contribution in [0, 0.1) is 18.8 Å². The molecule has 1 aliphatic carbocycles. The lowest BCUT2D eigenvalue weighted by Crippen LogP contribution is -2.25. The van der Waals surface area contributed by atoms with Gasteiger partial charge in [0.15, 0.2) is 0 Å². The molecule has 1 saturated carbocycles. The van der Waals surface area contributed by atoms with E-state index in [1.165, 1.54) is 54.7 Å².